The monoisotopic (exact) mass is 461 g/mol. The molecule has 1 N–H and O–H groups in total. The van der Waals surface area contributed by atoms with E-state index in [0.29, 0.717) is 22.8 Å². The molecule has 4 heterocycles. The normalized spacial score (nSPS) is 11.2. The molecular weight excluding hydrogens is 442 g/mol. The van der Waals surface area contributed by atoms with Crippen molar-refractivity contribution in [3.8, 4) is 11.3 Å². The molecule has 0 saturated carbocycles. The molecule has 0 spiro atoms. The number of hydrogen-bond donors (Lipinski definition) is 1. The number of rotatable bonds is 6. The minimum absolute atomic E-state index is 0.199. The van der Waals surface area contributed by atoms with Crippen LogP contribution in [-0.2, 0) is 13.1 Å². The van der Waals surface area contributed by atoms with Crippen molar-refractivity contribution in [1.29, 1.82) is 0 Å². The fraction of sp³-hybridized carbons (Fsp3) is 0.182. The number of carbonyl (C=O) groups excluding carboxylic acids is 1. The van der Waals surface area contributed by atoms with E-state index in [9.17, 15) is 4.79 Å². The number of aromatic nitrogens is 8. The third kappa shape index (κ3) is 4.08. The second-order valence-corrected chi connectivity index (χ2v) is 7.89. The molecule has 5 aromatic rings. The Kier molecular flexibility index (Phi) is 5.35. The Morgan fingerprint density at radius 3 is 2.67 bits per heavy atom. The maximum Gasteiger partial charge on any atom is 0.263 e. The Labute approximate surface area is 193 Å². The van der Waals surface area contributed by atoms with Crippen molar-refractivity contribution in [2.75, 3.05) is 5.32 Å². The number of hydrogen-bond acceptors (Lipinski definition) is 6. The third-order valence-corrected chi connectivity index (χ3v) is 5.46. The van der Waals surface area contributed by atoms with Crippen LogP contribution < -0.4 is 5.32 Å². The Bertz CT molecular complexity index is 1450. The summed E-state index contributed by atoms with van der Waals surface area (Å²) in [5.74, 6) is -0.190. The fourth-order valence-corrected chi connectivity index (χ4v) is 3.69. The lowest BCUT2D eigenvalue weighted by Crippen LogP contribution is -2.14. The maximum atomic E-state index is 12.9. The lowest BCUT2D eigenvalue weighted by molar-refractivity contribution is 0.102. The van der Waals surface area contributed by atoms with Gasteiger partial charge < -0.3 is 0 Å². The van der Waals surface area contributed by atoms with Crippen molar-refractivity contribution < 1.29 is 4.79 Å². The largest absolute Gasteiger partial charge is 0.289 e. The van der Waals surface area contributed by atoms with E-state index in [2.05, 4.69) is 30.6 Å². The van der Waals surface area contributed by atoms with E-state index >= 15 is 0 Å². The van der Waals surface area contributed by atoms with Crippen LogP contribution in [0.1, 0.15) is 28.5 Å². The number of amides is 1. The summed E-state index contributed by atoms with van der Waals surface area (Å²) in [6, 6.07) is 9.31. The molecule has 0 aliphatic heterocycles. The van der Waals surface area contributed by atoms with E-state index in [0.717, 1.165) is 29.1 Å². The lowest BCUT2D eigenvalue weighted by atomic mass is 10.2. The molecule has 166 valence electrons. The Hall–Kier alpha value is -4.05. The first kappa shape index (κ1) is 20.8. The lowest BCUT2D eigenvalue weighted by Gasteiger charge is -2.04. The van der Waals surface area contributed by atoms with Gasteiger partial charge in [-0.3, -0.25) is 14.8 Å². The Morgan fingerprint density at radius 1 is 1.09 bits per heavy atom. The zero-order chi connectivity index (χ0) is 22.9. The molecule has 4 aromatic heterocycles. The molecule has 0 saturated heterocycles. The number of carbonyl (C=O) groups is 1. The van der Waals surface area contributed by atoms with E-state index < -0.39 is 0 Å². The minimum Gasteiger partial charge on any atom is -0.289 e. The van der Waals surface area contributed by atoms with Gasteiger partial charge in [0.05, 0.1) is 24.1 Å². The number of nitrogens with zero attached hydrogens (tertiary/aromatic N) is 8. The predicted octanol–water partition coefficient (Wildman–Crippen LogP) is 3.47. The summed E-state index contributed by atoms with van der Waals surface area (Å²) in [5.41, 5.74) is 4.40. The molecule has 33 heavy (non-hydrogen) atoms. The SMILES string of the molecule is CCn1cc(-c2ccnc3c(C(=O)Nc4ncn(Cc5ccc(Cl)cc5)n4)cnn23)c(C)n1. The van der Waals surface area contributed by atoms with Gasteiger partial charge in [-0.05, 0) is 37.6 Å². The van der Waals surface area contributed by atoms with Crippen LogP contribution in [0.15, 0.2) is 55.2 Å². The topological polar surface area (TPSA) is 108 Å². The van der Waals surface area contributed by atoms with Crippen molar-refractivity contribution in [2.24, 2.45) is 0 Å². The summed E-state index contributed by atoms with van der Waals surface area (Å²) < 4.78 is 5.14. The van der Waals surface area contributed by atoms with E-state index in [1.807, 2.05) is 55.1 Å². The van der Waals surface area contributed by atoms with Crippen molar-refractivity contribution in [3.63, 3.8) is 0 Å². The van der Waals surface area contributed by atoms with E-state index in [4.69, 9.17) is 11.6 Å². The van der Waals surface area contributed by atoms with Crippen molar-refractivity contribution in [1.82, 2.24) is 39.1 Å². The Morgan fingerprint density at radius 2 is 1.91 bits per heavy atom. The van der Waals surface area contributed by atoms with Crippen LogP contribution in [0.4, 0.5) is 5.95 Å². The molecule has 1 aromatic carbocycles. The number of fused-ring (bicyclic) bond motifs is 1. The standard InChI is InChI=1S/C22H20ClN9O/c1-3-30-12-18(14(2)28-30)19-8-9-24-20-17(10-26-32(19)20)21(33)27-22-25-13-31(29-22)11-15-4-6-16(23)7-5-15/h4-10,12-13H,3,11H2,1-2H3,(H,27,29,33). The summed E-state index contributed by atoms with van der Waals surface area (Å²) >= 11 is 5.93. The smallest absolute Gasteiger partial charge is 0.263 e. The first-order chi connectivity index (χ1) is 16.0. The van der Waals surface area contributed by atoms with Gasteiger partial charge in [0.15, 0.2) is 5.65 Å². The molecule has 0 bridgehead atoms. The molecule has 0 radical (unpaired) electrons. The fourth-order valence-electron chi connectivity index (χ4n) is 3.56. The molecule has 0 unspecified atom stereocenters. The molecular formula is C22H20ClN9O. The number of nitrogens with one attached hydrogen (secondary N) is 1. The first-order valence-corrected chi connectivity index (χ1v) is 10.7. The Balaban J connectivity index is 1.38. The highest BCUT2D eigenvalue weighted by Gasteiger charge is 2.19. The molecule has 10 nitrogen and oxygen atoms in total. The quantitative estimate of drug-likeness (QED) is 0.415. The molecule has 0 aliphatic carbocycles. The van der Waals surface area contributed by atoms with Crippen LogP contribution in [0.2, 0.25) is 5.02 Å². The van der Waals surface area contributed by atoms with Crippen molar-refractivity contribution >= 4 is 29.1 Å². The number of aryl methyl sites for hydroxylation is 2. The summed E-state index contributed by atoms with van der Waals surface area (Å²) in [6.07, 6.45) is 6.67. The number of benzene rings is 1. The van der Waals surface area contributed by atoms with Gasteiger partial charge in [-0.2, -0.15) is 10.2 Å². The highest BCUT2D eigenvalue weighted by Crippen LogP contribution is 2.24. The molecule has 0 atom stereocenters. The van der Waals surface area contributed by atoms with Gasteiger partial charge in [0.25, 0.3) is 5.91 Å². The highest BCUT2D eigenvalue weighted by molar-refractivity contribution is 6.30. The molecule has 11 heteroatoms. The van der Waals surface area contributed by atoms with Gasteiger partial charge in [-0.1, -0.05) is 23.7 Å². The summed E-state index contributed by atoms with van der Waals surface area (Å²) in [4.78, 5) is 21.5. The van der Waals surface area contributed by atoms with Gasteiger partial charge in [0, 0.05) is 29.5 Å². The summed E-state index contributed by atoms with van der Waals surface area (Å²) in [5, 5.41) is 16.6. The summed E-state index contributed by atoms with van der Waals surface area (Å²) in [7, 11) is 0. The minimum atomic E-state index is -0.389. The maximum absolute atomic E-state index is 12.9. The van der Waals surface area contributed by atoms with Crippen LogP contribution in [0.25, 0.3) is 16.9 Å². The van der Waals surface area contributed by atoms with Crippen molar-refractivity contribution in [2.45, 2.75) is 26.9 Å². The predicted molar refractivity (Wildman–Crippen MR) is 123 cm³/mol. The second kappa shape index (κ2) is 8.47. The zero-order valence-electron chi connectivity index (χ0n) is 18.0. The molecule has 1 amide bonds. The van der Waals surface area contributed by atoms with Gasteiger partial charge >= 0.3 is 0 Å². The van der Waals surface area contributed by atoms with Gasteiger partial charge in [0.1, 0.15) is 11.9 Å². The molecule has 0 fully saturated rings. The highest BCUT2D eigenvalue weighted by atomic mass is 35.5. The van der Waals surface area contributed by atoms with Crippen LogP contribution in [0, 0.1) is 6.92 Å². The van der Waals surface area contributed by atoms with E-state index in [1.165, 1.54) is 6.20 Å². The second-order valence-electron chi connectivity index (χ2n) is 7.45. The number of halogens is 1. The van der Waals surface area contributed by atoms with Crippen LogP contribution in [0.5, 0.6) is 0 Å². The number of anilines is 1. The molecule has 0 aliphatic rings. The van der Waals surface area contributed by atoms with E-state index in [1.54, 1.807) is 21.7 Å². The average molecular weight is 462 g/mol. The third-order valence-electron chi connectivity index (χ3n) is 5.21. The summed E-state index contributed by atoms with van der Waals surface area (Å²) in [6.45, 7) is 5.24. The van der Waals surface area contributed by atoms with Crippen molar-refractivity contribution in [3.05, 3.63) is 77.1 Å². The van der Waals surface area contributed by atoms with Gasteiger partial charge in [-0.15, -0.1) is 5.10 Å². The van der Waals surface area contributed by atoms with E-state index in [-0.39, 0.29) is 11.9 Å². The first-order valence-electron chi connectivity index (χ1n) is 10.3. The van der Waals surface area contributed by atoms with Crippen LogP contribution >= 0.6 is 11.6 Å². The van der Waals surface area contributed by atoms with Crippen LogP contribution in [-0.4, -0.2) is 45.1 Å². The van der Waals surface area contributed by atoms with Gasteiger partial charge in [-0.25, -0.2) is 19.2 Å². The average Bonchev–Trinajstić information content (AvgIpc) is 3.53. The zero-order valence-corrected chi connectivity index (χ0v) is 18.7. The van der Waals surface area contributed by atoms with Crippen LogP contribution in [0.3, 0.4) is 0 Å². The van der Waals surface area contributed by atoms with Gasteiger partial charge in [0.2, 0.25) is 5.95 Å². The molecule has 5 rings (SSSR count).